The molecule has 0 fully saturated rings. The van der Waals surface area contributed by atoms with Crippen LogP contribution in [0.25, 0.3) is 0 Å². The van der Waals surface area contributed by atoms with Crippen molar-refractivity contribution in [1.82, 2.24) is 9.97 Å². The highest BCUT2D eigenvalue weighted by Gasteiger charge is 2.20. The van der Waals surface area contributed by atoms with Crippen LogP contribution in [0.3, 0.4) is 0 Å². The number of nitrogens with zero attached hydrogens (tertiary/aromatic N) is 2. The minimum absolute atomic E-state index is 0.0813. The Hall–Kier alpha value is -1.46. The lowest BCUT2D eigenvalue weighted by Gasteiger charge is -2.20. The van der Waals surface area contributed by atoms with Crippen LogP contribution < -0.4 is 5.73 Å². The van der Waals surface area contributed by atoms with E-state index < -0.39 is 0 Å². The Balaban J connectivity index is 2.33. The maximum atomic E-state index is 13.4. The van der Waals surface area contributed by atoms with Gasteiger partial charge in [0.15, 0.2) is 5.16 Å². The fraction of sp³-hybridized carbons (Fsp3) is 0.375. The minimum atomic E-state index is -0.254. The first-order chi connectivity index (χ1) is 9.88. The van der Waals surface area contributed by atoms with E-state index >= 15 is 0 Å². The molecule has 2 unspecified atom stereocenters. The van der Waals surface area contributed by atoms with Crippen molar-refractivity contribution in [2.45, 2.75) is 44.1 Å². The van der Waals surface area contributed by atoms with Crippen LogP contribution in [0.1, 0.15) is 34.7 Å². The first kappa shape index (κ1) is 15.9. The lowest BCUT2D eigenvalue weighted by atomic mass is 10.1. The number of nitrogens with two attached hydrogens (primary N) is 1. The van der Waals surface area contributed by atoms with Gasteiger partial charge in [-0.2, -0.15) is 0 Å². The number of aryl methyl sites for hydroxylation is 2. The van der Waals surface area contributed by atoms with Crippen LogP contribution in [0.2, 0.25) is 0 Å². The van der Waals surface area contributed by atoms with Gasteiger partial charge in [-0.3, -0.25) is 0 Å². The van der Waals surface area contributed by atoms with Gasteiger partial charge in [0.25, 0.3) is 0 Å². The van der Waals surface area contributed by atoms with Gasteiger partial charge in [-0.05, 0) is 51.0 Å². The van der Waals surface area contributed by atoms with Gasteiger partial charge < -0.3 is 5.73 Å². The predicted molar refractivity (Wildman–Crippen MR) is 84.9 cm³/mol. The molecule has 0 bridgehead atoms. The Morgan fingerprint density at radius 1 is 1.14 bits per heavy atom. The van der Waals surface area contributed by atoms with Crippen LogP contribution in [0.15, 0.2) is 29.4 Å². The van der Waals surface area contributed by atoms with Crippen LogP contribution in [0, 0.1) is 26.6 Å². The molecular formula is C16H20FN3S. The molecule has 0 aliphatic rings. The summed E-state index contributed by atoms with van der Waals surface area (Å²) in [5, 5.41) is 0.601. The lowest BCUT2D eigenvalue weighted by molar-refractivity contribution is 0.621. The van der Waals surface area contributed by atoms with Crippen molar-refractivity contribution in [3.63, 3.8) is 0 Å². The van der Waals surface area contributed by atoms with Crippen molar-refractivity contribution < 1.29 is 4.39 Å². The van der Waals surface area contributed by atoms with Crippen LogP contribution in [0.5, 0.6) is 0 Å². The maximum Gasteiger partial charge on any atom is 0.188 e. The van der Waals surface area contributed by atoms with Gasteiger partial charge in [-0.1, -0.05) is 23.9 Å². The summed E-state index contributed by atoms with van der Waals surface area (Å²) in [6, 6.07) is 6.41. The highest BCUT2D eigenvalue weighted by molar-refractivity contribution is 7.99. The Kier molecular flexibility index (Phi) is 4.96. The van der Waals surface area contributed by atoms with Crippen LogP contribution in [0.4, 0.5) is 4.39 Å². The molecule has 5 heteroatoms. The summed E-state index contributed by atoms with van der Waals surface area (Å²) < 4.78 is 13.4. The average Bonchev–Trinajstić information content (AvgIpc) is 2.41. The number of rotatable bonds is 4. The van der Waals surface area contributed by atoms with Crippen LogP contribution in [-0.4, -0.2) is 16.0 Å². The smallest absolute Gasteiger partial charge is 0.188 e. The predicted octanol–water partition coefficient (Wildman–Crippen LogP) is 3.72. The summed E-state index contributed by atoms with van der Waals surface area (Å²) in [6.45, 7) is 7.86. The van der Waals surface area contributed by atoms with Gasteiger partial charge in [0, 0.05) is 17.4 Å². The molecule has 2 atom stereocenters. The van der Waals surface area contributed by atoms with E-state index in [1.165, 1.54) is 23.9 Å². The third-order valence-electron chi connectivity index (χ3n) is 3.50. The van der Waals surface area contributed by atoms with Crippen LogP contribution >= 0.6 is 11.8 Å². The molecule has 1 aromatic carbocycles. The molecule has 0 aliphatic heterocycles. The summed E-state index contributed by atoms with van der Waals surface area (Å²) >= 11 is 1.48. The monoisotopic (exact) mass is 305 g/mol. The molecule has 0 spiro atoms. The number of benzene rings is 1. The van der Waals surface area contributed by atoms with E-state index in [0.29, 0.717) is 5.16 Å². The number of halogens is 1. The van der Waals surface area contributed by atoms with Gasteiger partial charge in [-0.15, -0.1) is 0 Å². The molecule has 21 heavy (non-hydrogen) atoms. The molecule has 112 valence electrons. The van der Waals surface area contributed by atoms with Crippen molar-refractivity contribution in [3.8, 4) is 0 Å². The number of hydrogen-bond donors (Lipinski definition) is 1. The number of hydrogen-bond acceptors (Lipinski definition) is 4. The standard InChI is InChI=1S/C16H20FN3S/c1-9-11(3)19-16(20-12(9)4)21-15(10(2)18)13-6-5-7-14(17)8-13/h5-8,10,15H,18H2,1-4H3. The fourth-order valence-corrected chi connectivity index (χ4v) is 3.17. The van der Waals surface area contributed by atoms with Gasteiger partial charge >= 0.3 is 0 Å². The van der Waals surface area contributed by atoms with Crippen molar-refractivity contribution in [1.29, 1.82) is 0 Å². The molecule has 2 N–H and O–H groups in total. The first-order valence-electron chi connectivity index (χ1n) is 6.88. The third-order valence-corrected chi connectivity index (χ3v) is 4.85. The van der Waals surface area contributed by atoms with Gasteiger partial charge in [-0.25, -0.2) is 14.4 Å². The summed E-state index contributed by atoms with van der Waals surface area (Å²) in [5.41, 5.74) is 9.96. The van der Waals surface area contributed by atoms with Crippen LogP contribution in [-0.2, 0) is 0 Å². The molecule has 0 radical (unpaired) electrons. The maximum absolute atomic E-state index is 13.4. The molecule has 3 nitrogen and oxygen atoms in total. The zero-order chi connectivity index (χ0) is 15.6. The topological polar surface area (TPSA) is 51.8 Å². The van der Waals surface area contributed by atoms with E-state index in [1.807, 2.05) is 33.8 Å². The normalized spacial score (nSPS) is 14.0. The van der Waals surface area contributed by atoms with Crippen molar-refractivity contribution in [2.75, 3.05) is 0 Å². The largest absolute Gasteiger partial charge is 0.327 e. The minimum Gasteiger partial charge on any atom is -0.327 e. The molecule has 1 heterocycles. The summed E-state index contributed by atoms with van der Waals surface area (Å²) in [4.78, 5) is 9.01. The third kappa shape index (κ3) is 3.80. The molecular weight excluding hydrogens is 285 g/mol. The Morgan fingerprint density at radius 2 is 1.76 bits per heavy atom. The van der Waals surface area contributed by atoms with E-state index in [9.17, 15) is 4.39 Å². The summed E-state index contributed by atoms with van der Waals surface area (Å²) in [7, 11) is 0. The van der Waals surface area contributed by atoms with E-state index in [4.69, 9.17) is 5.73 Å². The van der Waals surface area contributed by atoms with Gasteiger partial charge in [0.1, 0.15) is 5.82 Å². The lowest BCUT2D eigenvalue weighted by Crippen LogP contribution is -2.23. The molecule has 0 amide bonds. The molecule has 1 aromatic heterocycles. The second kappa shape index (κ2) is 6.54. The van der Waals surface area contributed by atoms with Crippen molar-refractivity contribution in [2.24, 2.45) is 5.73 Å². The van der Waals surface area contributed by atoms with E-state index in [1.54, 1.807) is 6.07 Å². The summed E-state index contributed by atoms with van der Waals surface area (Å²) in [5.74, 6) is -0.254. The fourth-order valence-electron chi connectivity index (χ4n) is 2.07. The van der Waals surface area contributed by atoms with E-state index in [0.717, 1.165) is 22.5 Å². The Morgan fingerprint density at radius 3 is 2.29 bits per heavy atom. The molecule has 2 rings (SSSR count). The number of thioether (sulfide) groups is 1. The van der Waals surface area contributed by atoms with Gasteiger partial charge in [0.05, 0.1) is 5.25 Å². The Labute approximate surface area is 129 Å². The molecule has 2 aromatic rings. The molecule has 0 saturated heterocycles. The second-order valence-electron chi connectivity index (χ2n) is 5.25. The highest BCUT2D eigenvalue weighted by Crippen LogP contribution is 2.36. The summed E-state index contributed by atoms with van der Waals surface area (Å²) in [6.07, 6.45) is 0. The Bertz CT molecular complexity index is 620. The second-order valence-corrected chi connectivity index (χ2v) is 6.36. The average molecular weight is 305 g/mol. The number of aromatic nitrogens is 2. The highest BCUT2D eigenvalue weighted by atomic mass is 32.2. The molecule has 0 aliphatic carbocycles. The molecule has 0 saturated carbocycles. The van der Waals surface area contributed by atoms with E-state index in [2.05, 4.69) is 9.97 Å². The van der Waals surface area contributed by atoms with Crippen molar-refractivity contribution in [3.05, 3.63) is 52.6 Å². The SMILES string of the molecule is Cc1nc(SC(c2cccc(F)c2)C(C)N)nc(C)c1C. The van der Waals surface area contributed by atoms with E-state index in [-0.39, 0.29) is 17.1 Å². The zero-order valence-corrected chi connectivity index (χ0v) is 13.5. The van der Waals surface area contributed by atoms with Gasteiger partial charge in [0.2, 0.25) is 0 Å². The first-order valence-corrected chi connectivity index (χ1v) is 7.76. The quantitative estimate of drug-likeness (QED) is 0.691. The zero-order valence-electron chi connectivity index (χ0n) is 12.7. The van der Waals surface area contributed by atoms with Crippen molar-refractivity contribution >= 4 is 11.8 Å².